The molecule has 0 aromatic rings. The predicted molar refractivity (Wildman–Crippen MR) is 112 cm³/mol. The lowest BCUT2D eigenvalue weighted by Crippen LogP contribution is -2.57. The van der Waals surface area contributed by atoms with Crippen LogP contribution in [0.2, 0.25) is 0 Å². The summed E-state index contributed by atoms with van der Waals surface area (Å²) in [6, 6.07) is 0. The average molecular weight is 420 g/mol. The maximum atomic E-state index is 12.6. The molecular weight excluding hydrogens is 384 g/mol. The average Bonchev–Trinajstić information content (AvgIpc) is 3.23. The highest BCUT2D eigenvalue weighted by atomic mass is 32.2. The second-order valence-electron chi connectivity index (χ2n) is 10.5. The Bertz CT molecular complexity index is 913. The lowest BCUT2D eigenvalue weighted by Gasteiger charge is -2.61. The number of hydrogen-bond donors (Lipinski definition) is 0. The first-order valence-electron chi connectivity index (χ1n) is 12.6. The monoisotopic (exact) mass is 419 g/mol. The highest BCUT2D eigenvalue weighted by Crippen LogP contribution is 2.70. The van der Waals surface area contributed by atoms with Gasteiger partial charge in [-0.2, -0.15) is 0 Å². The van der Waals surface area contributed by atoms with E-state index in [0.717, 1.165) is 55.9 Å². The number of rotatable bonds is 1. The minimum atomic E-state index is -2.63. The Hall–Kier alpha value is -1.10. The molecule has 1 spiro atoms. The number of fused-ring (bicyclic) bond motifs is 6. The van der Waals surface area contributed by atoms with Crippen molar-refractivity contribution in [3.8, 4) is 0 Å². The van der Waals surface area contributed by atoms with Gasteiger partial charge in [-0.25, -0.2) is 0 Å². The Balaban J connectivity index is 1.55. The fourth-order valence-electron chi connectivity index (χ4n) is 8.05. The molecule has 5 aliphatic rings. The molecule has 7 atom stereocenters. The number of ether oxygens (including phenoxy) is 1. The van der Waals surface area contributed by atoms with Crippen molar-refractivity contribution in [1.29, 1.82) is 0 Å². The van der Waals surface area contributed by atoms with Crippen LogP contribution in [-0.4, -0.2) is 27.7 Å². The van der Waals surface area contributed by atoms with Crippen LogP contribution in [0.25, 0.3) is 0 Å². The third-order valence-electron chi connectivity index (χ3n) is 9.55. The van der Waals surface area contributed by atoms with E-state index in [9.17, 15) is 14.4 Å². The zero-order valence-electron chi connectivity index (χ0n) is 20.3. The standard InChI is InChI=1S/C24H32O4S/c1-14(25)29-19-13-15-12-16(26)4-8-22(15,2)17-5-9-23(3)18(21(17)19)6-10-24(23)11-7-20(27)28-24/h12,17-19,21H,4-11,13H2,1-3H3/t17-,18-,19+,21+,22-,23-,24+/m0/s1/i1D3. The van der Waals surface area contributed by atoms with Crippen molar-refractivity contribution in [2.24, 2.45) is 28.6 Å². The van der Waals surface area contributed by atoms with Gasteiger partial charge >= 0.3 is 5.97 Å². The number of carbonyl (C=O) groups is 3. The van der Waals surface area contributed by atoms with Crippen LogP contribution in [0.3, 0.4) is 0 Å². The molecule has 158 valence electrons. The summed E-state index contributed by atoms with van der Waals surface area (Å²) < 4.78 is 28.9. The molecule has 3 saturated carbocycles. The molecular formula is C24H32O4S. The van der Waals surface area contributed by atoms with E-state index in [1.807, 2.05) is 0 Å². The molecule has 4 aliphatic carbocycles. The molecule has 4 fully saturated rings. The number of allylic oxidation sites excluding steroid dienone is 1. The fraction of sp³-hybridized carbons (Fsp3) is 0.792. The molecule has 4 nitrogen and oxygen atoms in total. The molecule has 0 aromatic heterocycles. The molecule has 0 radical (unpaired) electrons. The van der Waals surface area contributed by atoms with E-state index in [4.69, 9.17) is 8.85 Å². The van der Waals surface area contributed by atoms with Crippen LogP contribution in [0.1, 0.15) is 82.6 Å². The molecule has 0 N–H and O–H groups in total. The predicted octanol–water partition coefficient (Wildman–Crippen LogP) is 4.85. The van der Waals surface area contributed by atoms with Crippen LogP contribution in [0.15, 0.2) is 11.6 Å². The van der Waals surface area contributed by atoms with E-state index >= 15 is 0 Å². The van der Waals surface area contributed by atoms with Crippen molar-refractivity contribution in [3.05, 3.63) is 11.6 Å². The van der Waals surface area contributed by atoms with Crippen LogP contribution in [0.5, 0.6) is 0 Å². The van der Waals surface area contributed by atoms with Gasteiger partial charge in [-0.05, 0) is 74.2 Å². The summed E-state index contributed by atoms with van der Waals surface area (Å²) in [6.45, 7) is 1.91. The second kappa shape index (κ2) is 6.45. The van der Waals surface area contributed by atoms with Crippen LogP contribution in [0.4, 0.5) is 0 Å². The largest absolute Gasteiger partial charge is 0.458 e. The van der Waals surface area contributed by atoms with Gasteiger partial charge in [0.15, 0.2) is 10.9 Å². The molecule has 0 amide bonds. The summed E-state index contributed by atoms with van der Waals surface area (Å²) in [7, 11) is 0. The van der Waals surface area contributed by atoms with Gasteiger partial charge in [0, 0.05) is 34.5 Å². The van der Waals surface area contributed by atoms with Crippen LogP contribution in [-0.2, 0) is 19.1 Å². The number of esters is 1. The molecule has 1 heterocycles. The molecule has 0 bridgehead atoms. The van der Waals surface area contributed by atoms with Gasteiger partial charge in [0.05, 0.1) is 0 Å². The van der Waals surface area contributed by atoms with Crippen molar-refractivity contribution in [3.63, 3.8) is 0 Å². The Morgan fingerprint density at radius 2 is 1.93 bits per heavy atom. The first-order valence-corrected chi connectivity index (χ1v) is 11.9. The summed E-state index contributed by atoms with van der Waals surface area (Å²) >= 11 is 0.987. The number of ketones is 1. The molecule has 1 saturated heterocycles. The van der Waals surface area contributed by atoms with Crippen molar-refractivity contribution < 1.29 is 23.2 Å². The normalized spacial score (nSPS) is 50.6. The number of carbonyl (C=O) groups excluding carboxylic acids is 3. The van der Waals surface area contributed by atoms with Gasteiger partial charge in [0.25, 0.3) is 0 Å². The number of hydrogen-bond acceptors (Lipinski definition) is 5. The first-order chi connectivity index (χ1) is 14.9. The third kappa shape index (κ3) is 2.68. The maximum absolute atomic E-state index is 12.6. The topological polar surface area (TPSA) is 60.4 Å². The minimum Gasteiger partial charge on any atom is -0.458 e. The summed E-state index contributed by atoms with van der Waals surface area (Å²) in [5.41, 5.74) is 0.462. The highest BCUT2D eigenvalue weighted by Gasteiger charge is 2.68. The first kappa shape index (κ1) is 16.6. The maximum Gasteiger partial charge on any atom is 0.306 e. The molecule has 5 rings (SSSR count). The third-order valence-corrected chi connectivity index (χ3v) is 10.5. The van der Waals surface area contributed by atoms with E-state index in [-0.39, 0.29) is 39.7 Å². The van der Waals surface area contributed by atoms with Gasteiger partial charge < -0.3 is 4.74 Å². The van der Waals surface area contributed by atoms with Crippen molar-refractivity contribution in [2.45, 2.75) is 89.3 Å². The van der Waals surface area contributed by atoms with Crippen molar-refractivity contribution >= 4 is 28.6 Å². The molecule has 0 aromatic carbocycles. The van der Waals surface area contributed by atoms with E-state index in [1.165, 1.54) is 0 Å². The van der Waals surface area contributed by atoms with E-state index in [0.29, 0.717) is 25.2 Å². The number of thioether (sulfide) groups is 1. The lowest BCUT2D eigenvalue weighted by molar-refractivity contribution is -0.167. The summed E-state index contributed by atoms with van der Waals surface area (Å²) in [5, 5.41) is -0.908. The quantitative estimate of drug-likeness (QED) is 0.569. The Labute approximate surface area is 181 Å². The fourth-order valence-corrected chi connectivity index (χ4v) is 9.13. The summed E-state index contributed by atoms with van der Waals surface area (Å²) in [6.07, 6.45) is 8.71. The molecule has 29 heavy (non-hydrogen) atoms. The second-order valence-corrected chi connectivity index (χ2v) is 11.7. The SMILES string of the molecule is [2H]C([2H])([2H])C(=O)S[C@@H]1CC2=CC(=O)CC[C@]2(C)[C@H]2CC[C@@]3(C)[C@@H](CC[C@@]34CCC(=O)O4)[C@H]12. The summed E-state index contributed by atoms with van der Waals surface area (Å²) in [5.74, 6) is 0.802. The Morgan fingerprint density at radius 1 is 1.14 bits per heavy atom. The highest BCUT2D eigenvalue weighted by molar-refractivity contribution is 8.14. The van der Waals surface area contributed by atoms with E-state index < -0.39 is 17.6 Å². The lowest BCUT2D eigenvalue weighted by atomic mass is 9.46. The molecule has 5 heteroatoms. The zero-order valence-corrected chi connectivity index (χ0v) is 18.1. The van der Waals surface area contributed by atoms with Gasteiger partial charge in [-0.1, -0.05) is 31.2 Å². The van der Waals surface area contributed by atoms with Crippen LogP contribution >= 0.6 is 11.8 Å². The minimum absolute atomic E-state index is 0.0812. The van der Waals surface area contributed by atoms with Gasteiger partial charge in [-0.15, -0.1) is 0 Å². The van der Waals surface area contributed by atoms with Crippen molar-refractivity contribution in [2.75, 3.05) is 0 Å². The van der Waals surface area contributed by atoms with Crippen molar-refractivity contribution in [1.82, 2.24) is 0 Å². The Morgan fingerprint density at radius 3 is 2.66 bits per heavy atom. The van der Waals surface area contributed by atoms with Crippen LogP contribution in [0, 0.1) is 28.6 Å². The molecule has 1 aliphatic heterocycles. The van der Waals surface area contributed by atoms with Crippen LogP contribution < -0.4 is 0 Å². The van der Waals surface area contributed by atoms with E-state index in [1.54, 1.807) is 6.08 Å². The van der Waals surface area contributed by atoms with Gasteiger partial charge in [0.2, 0.25) is 0 Å². The summed E-state index contributed by atoms with van der Waals surface area (Å²) in [4.78, 5) is 37.0. The Kier molecular flexibility index (Phi) is 3.69. The van der Waals surface area contributed by atoms with E-state index in [2.05, 4.69) is 13.8 Å². The smallest absolute Gasteiger partial charge is 0.306 e. The van der Waals surface area contributed by atoms with Gasteiger partial charge in [0.1, 0.15) is 5.60 Å². The van der Waals surface area contributed by atoms with Gasteiger partial charge in [-0.3, -0.25) is 14.4 Å². The molecule has 0 unspecified atom stereocenters. The zero-order chi connectivity index (χ0) is 23.1.